The van der Waals surface area contributed by atoms with E-state index in [2.05, 4.69) is 16.0 Å². The van der Waals surface area contributed by atoms with E-state index in [-0.39, 0.29) is 5.78 Å². The molecule has 0 unspecified atom stereocenters. The van der Waals surface area contributed by atoms with Gasteiger partial charge in [0, 0.05) is 18.3 Å². The third kappa shape index (κ3) is 3.05. The van der Waals surface area contributed by atoms with E-state index in [0.29, 0.717) is 17.8 Å². The lowest BCUT2D eigenvalue weighted by atomic mass is 10.1. The lowest BCUT2D eigenvalue weighted by Crippen LogP contribution is -1.98. The maximum absolute atomic E-state index is 11.0. The zero-order valence-electron chi connectivity index (χ0n) is 10.1. The van der Waals surface area contributed by atoms with Gasteiger partial charge in [0.05, 0.1) is 18.1 Å². The molecule has 0 aliphatic carbocycles. The monoisotopic (exact) mass is 239 g/mol. The van der Waals surface area contributed by atoms with Crippen molar-refractivity contribution in [2.24, 2.45) is 0 Å². The molecule has 1 heterocycles. The summed E-state index contributed by atoms with van der Waals surface area (Å²) in [6, 6.07) is 9.52. The SMILES string of the molecule is CC(=O)Cc1ncc(Cc2ccc(C#N)cc2)[nH]1. The highest BCUT2D eigenvalue weighted by atomic mass is 16.1. The number of carbonyl (C=O) groups is 1. The van der Waals surface area contributed by atoms with Gasteiger partial charge in [-0.3, -0.25) is 4.79 Å². The molecule has 4 nitrogen and oxygen atoms in total. The lowest BCUT2D eigenvalue weighted by Gasteiger charge is -1.98. The van der Waals surface area contributed by atoms with E-state index in [1.165, 1.54) is 0 Å². The van der Waals surface area contributed by atoms with Crippen molar-refractivity contribution in [1.82, 2.24) is 9.97 Å². The van der Waals surface area contributed by atoms with E-state index in [4.69, 9.17) is 5.26 Å². The maximum Gasteiger partial charge on any atom is 0.137 e. The Bertz CT molecular complexity index is 590. The number of hydrogen-bond acceptors (Lipinski definition) is 3. The first-order valence-electron chi connectivity index (χ1n) is 5.68. The number of nitrogens with one attached hydrogen (secondary N) is 1. The van der Waals surface area contributed by atoms with Gasteiger partial charge >= 0.3 is 0 Å². The molecular formula is C14H13N3O. The van der Waals surface area contributed by atoms with Gasteiger partial charge < -0.3 is 4.98 Å². The van der Waals surface area contributed by atoms with Crippen LogP contribution in [0.25, 0.3) is 0 Å². The molecule has 0 fully saturated rings. The van der Waals surface area contributed by atoms with Gasteiger partial charge in [-0.15, -0.1) is 0 Å². The van der Waals surface area contributed by atoms with Crippen LogP contribution in [0.4, 0.5) is 0 Å². The van der Waals surface area contributed by atoms with Crippen LogP contribution < -0.4 is 0 Å². The molecule has 0 aliphatic rings. The Morgan fingerprint density at radius 2 is 2.11 bits per heavy atom. The Morgan fingerprint density at radius 1 is 1.39 bits per heavy atom. The molecule has 0 amide bonds. The first-order chi connectivity index (χ1) is 8.67. The zero-order valence-corrected chi connectivity index (χ0v) is 10.1. The Hall–Kier alpha value is -2.41. The molecular weight excluding hydrogens is 226 g/mol. The van der Waals surface area contributed by atoms with E-state index in [1.54, 1.807) is 25.3 Å². The summed E-state index contributed by atoms with van der Waals surface area (Å²) in [5.74, 6) is 0.792. The van der Waals surface area contributed by atoms with Gasteiger partial charge in [-0.25, -0.2) is 4.98 Å². The number of aromatic nitrogens is 2. The molecule has 90 valence electrons. The predicted octanol–water partition coefficient (Wildman–Crippen LogP) is 2.00. The topological polar surface area (TPSA) is 69.5 Å². The maximum atomic E-state index is 11.0. The van der Waals surface area contributed by atoms with E-state index >= 15 is 0 Å². The number of carbonyl (C=O) groups excluding carboxylic acids is 1. The number of benzene rings is 1. The summed E-state index contributed by atoms with van der Waals surface area (Å²) in [7, 11) is 0. The molecule has 0 saturated carbocycles. The third-order valence-corrected chi connectivity index (χ3v) is 2.58. The van der Waals surface area contributed by atoms with Crippen molar-refractivity contribution in [3.63, 3.8) is 0 Å². The first kappa shape index (κ1) is 12.1. The molecule has 0 saturated heterocycles. The van der Waals surface area contributed by atoms with Crippen molar-refractivity contribution in [3.8, 4) is 6.07 Å². The normalized spacial score (nSPS) is 10.0. The second kappa shape index (κ2) is 5.28. The number of ketones is 1. The van der Waals surface area contributed by atoms with Crippen molar-refractivity contribution in [3.05, 3.63) is 53.1 Å². The van der Waals surface area contributed by atoms with Crippen LogP contribution in [0.15, 0.2) is 30.5 Å². The van der Waals surface area contributed by atoms with Gasteiger partial charge in [-0.1, -0.05) is 12.1 Å². The summed E-state index contributed by atoms with van der Waals surface area (Å²) >= 11 is 0. The number of H-pyrrole nitrogens is 1. The van der Waals surface area contributed by atoms with Gasteiger partial charge in [0.2, 0.25) is 0 Å². The third-order valence-electron chi connectivity index (χ3n) is 2.58. The Labute approximate surface area is 105 Å². The number of rotatable bonds is 4. The van der Waals surface area contributed by atoms with E-state index in [9.17, 15) is 4.79 Å². The van der Waals surface area contributed by atoms with E-state index in [1.807, 2.05) is 12.1 Å². The largest absolute Gasteiger partial charge is 0.345 e. The summed E-state index contributed by atoms with van der Waals surface area (Å²) in [5, 5.41) is 8.71. The quantitative estimate of drug-likeness (QED) is 0.887. The van der Waals surface area contributed by atoms with Gasteiger partial charge in [-0.2, -0.15) is 5.26 Å². The smallest absolute Gasteiger partial charge is 0.137 e. The molecule has 1 aromatic carbocycles. The average Bonchev–Trinajstić information content (AvgIpc) is 2.76. The Balaban J connectivity index is 2.06. The molecule has 0 radical (unpaired) electrons. The summed E-state index contributed by atoms with van der Waals surface area (Å²) < 4.78 is 0. The molecule has 0 bridgehead atoms. The lowest BCUT2D eigenvalue weighted by molar-refractivity contribution is -0.116. The van der Waals surface area contributed by atoms with E-state index < -0.39 is 0 Å². The fourth-order valence-corrected chi connectivity index (χ4v) is 1.74. The molecule has 0 aliphatic heterocycles. The summed E-state index contributed by atoms with van der Waals surface area (Å²) in [5.41, 5.74) is 2.73. The van der Waals surface area contributed by atoms with Gasteiger partial charge in [0.15, 0.2) is 0 Å². The van der Waals surface area contributed by atoms with Crippen LogP contribution in [0.1, 0.15) is 29.6 Å². The highest BCUT2D eigenvalue weighted by Crippen LogP contribution is 2.09. The summed E-state index contributed by atoms with van der Waals surface area (Å²) in [6.45, 7) is 1.54. The summed E-state index contributed by atoms with van der Waals surface area (Å²) in [4.78, 5) is 18.2. The number of nitrogens with zero attached hydrogens (tertiary/aromatic N) is 2. The van der Waals surface area contributed by atoms with Crippen LogP contribution >= 0.6 is 0 Å². The Morgan fingerprint density at radius 3 is 2.72 bits per heavy atom. The van der Waals surface area contributed by atoms with Crippen LogP contribution in [-0.4, -0.2) is 15.8 Å². The summed E-state index contributed by atoms with van der Waals surface area (Å²) in [6.07, 6.45) is 2.81. The molecule has 2 rings (SSSR count). The van der Waals surface area contributed by atoms with Gasteiger partial charge in [0.1, 0.15) is 11.6 Å². The fourth-order valence-electron chi connectivity index (χ4n) is 1.74. The molecule has 2 aromatic rings. The molecule has 18 heavy (non-hydrogen) atoms. The molecule has 4 heteroatoms. The zero-order chi connectivity index (χ0) is 13.0. The number of nitriles is 1. The van der Waals surface area contributed by atoms with Crippen molar-refractivity contribution in [2.75, 3.05) is 0 Å². The molecule has 1 N–H and O–H groups in total. The van der Waals surface area contributed by atoms with Crippen LogP contribution in [0, 0.1) is 11.3 Å². The highest BCUT2D eigenvalue weighted by molar-refractivity contribution is 5.77. The van der Waals surface area contributed by atoms with Crippen LogP contribution in [0.3, 0.4) is 0 Å². The van der Waals surface area contributed by atoms with Crippen molar-refractivity contribution < 1.29 is 4.79 Å². The predicted molar refractivity (Wildman–Crippen MR) is 66.9 cm³/mol. The van der Waals surface area contributed by atoms with Crippen molar-refractivity contribution in [1.29, 1.82) is 5.26 Å². The van der Waals surface area contributed by atoms with Crippen LogP contribution in [0.5, 0.6) is 0 Å². The van der Waals surface area contributed by atoms with Crippen molar-refractivity contribution >= 4 is 5.78 Å². The highest BCUT2D eigenvalue weighted by Gasteiger charge is 2.04. The van der Waals surface area contributed by atoms with Gasteiger partial charge in [0.25, 0.3) is 0 Å². The van der Waals surface area contributed by atoms with Crippen molar-refractivity contribution in [2.45, 2.75) is 19.8 Å². The van der Waals surface area contributed by atoms with Crippen LogP contribution in [-0.2, 0) is 17.6 Å². The van der Waals surface area contributed by atoms with E-state index in [0.717, 1.165) is 17.7 Å². The standard InChI is InChI=1S/C14H13N3O/c1-10(18)6-14-16-9-13(17-14)7-11-2-4-12(8-15)5-3-11/h2-5,9H,6-7H2,1H3,(H,16,17). The second-order valence-electron chi connectivity index (χ2n) is 4.22. The fraction of sp³-hybridized carbons (Fsp3) is 0.214. The Kier molecular flexibility index (Phi) is 3.54. The minimum absolute atomic E-state index is 0.0919. The second-order valence-corrected chi connectivity index (χ2v) is 4.22. The molecule has 1 aromatic heterocycles. The molecule has 0 spiro atoms. The van der Waals surface area contributed by atoms with Crippen LogP contribution in [0.2, 0.25) is 0 Å². The minimum atomic E-state index is 0.0919. The van der Waals surface area contributed by atoms with Gasteiger partial charge in [-0.05, 0) is 24.6 Å². The number of aromatic amines is 1. The number of imidazole rings is 1. The first-order valence-corrected chi connectivity index (χ1v) is 5.68. The number of hydrogen-bond donors (Lipinski definition) is 1. The minimum Gasteiger partial charge on any atom is -0.345 e. The average molecular weight is 239 g/mol. The number of Topliss-reactive ketones (excluding diaryl/α,β-unsaturated/α-hetero) is 1. The molecule has 0 atom stereocenters.